The van der Waals surface area contributed by atoms with Crippen LogP contribution < -0.4 is 31.1 Å². The molecule has 0 aromatic heterocycles. The van der Waals surface area contributed by atoms with Crippen LogP contribution in [0.3, 0.4) is 0 Å². The summed E-state index contributed by atoms with van der Waals surface area (Å²) in [5.74, 6) is 0. The molecule has 4 heteroatoms. The van der Waals surface area contributed by atoms with E-state index in [4.69, 9.17) is 0 Å². The summed E-state index contributed by atoms with van der Waals surface area (Å²) < 4.78 is 0. The minimum absolute atomic E-state index is 0.00368. The molecule has 2 heterocycles. The fourth-order valence-corrected chi connectivity index (χ4v) is 14.8. The first-order chi connectivity index (χ1) is 36.5. The average Bonchev–Trinajstić information content (AvgIpc) is 3.59. The van der Waals surface area contributed by atoms with Gasteiger partial charge in [0.1, 0.15) is 0 Å². The highest BCUT2D eigenvalue weighted by Gasteiger charge is 2.49. The largest absolute Gasteiger partial charge is 0.311 e. The highest BCUT2D eigenvalue weighted by atomic mass is 15.2. The molecule has 77 heavy (non-hydrogen) atoms. The van der Waals surface area contributed by atoms with Crippen molar-refractivity contribution < 1.29 is 0 Å². The Bertz CT molecular complexity index is 3630. The molecule has 0 fully saturated rings. The minimum Gasteiger partial charge on any atom is -0.311 e. The number of para-hydroxylation sites is 2. The smallest absolute Gasteiger partial charge is 0.252 e. The molecule has 3 nitrogen and oxygen atoms in total. The first kappa shape index (κ1) is 49.8. The molecule has 0 bridgehead atoms. The van der Waals surface area contributed by atoms with Gasteiger partial charge in [0.25, 0.3) is 6.71 Å². The number of aryl methyl sites for hydroxylation is 1. The van der Waals surface area contributed by atoms with E-state index in [0.717, 1.165) is 42.7 Å². The Morgan fingerprint density at radius 2 is 0.779 bits per heavy atom. The van der Waals surface area contributed by atoms with Gasteiger partial charge in [0, 0.05) is 45.5 Å². The summed E-state index contributed by atoms with van der Waals surface area (Å²) in [5.41, 5.74) is 28.0. The van der Waals surface area contributed by atoms with Crippen LogP contribution in [0.15, 0.2) is 164 Å². The zero-order valence-electron chi connectivity index (χ0n) is 48.3. The Balaban J connectivity index is 1.20. The standard InChI is InChI=1S/C73H78BN3/c1-47-39-55-58(72(10,11)37-35-69(55,4)5)45-63(47)77-64-46-59-57(71(8,9)36-38-73(59,12)13)44-61(64)74-60-40-49(48-23-17-14-18-24-48)29-32-62(60)76(52-30-31-54-56(41-52)70(6,7)34-33-68(54,2)3)65-42-53(43-66(77)67(65)74)75(50-25-19-15-20-26-50)51-27-21-16-22-28-51/h14-32,39-46H,33-38H2,1-13H3. The van der Waals surface area contributed by atoms with Gasteiger partial charge in [-0.05, 0) is 211 Å². The second-order valence-corrected chi connectivity index (χ2v) is 27.8. The van der Waals surface area contributed by atoms with Crippen LogP contribution in [0.25, 0.3) is 11.1 Å². The van der Waals surface area contributed by atoms with E-state index in [1.807, 2.05) is 0 Å². The Morgan fingerprint density at radius 1 is 0.338 bits per heavy atom. The zero-order valence-corrected chi connectivity index (χ0v) is 48.3. The maximum absolute atomic E-state index is 2.76. The molecule has 0 amide bonds. The maximum atomic E-state index is 2.76. The highest BCUT2D eigenvalue weighted by molar-refractivity contribution is 7.00. The molecule has 2 aliphatic heterocycles. The van der Waals surface area contributed by atoms with E-state index in [9.17, 15) is 0 Å². The third kappa shape index (κ3) is 7.80. The van der Waals surface area contributed by atoms with Gasteiger partial charge in [-0.2, -0.15) is 0 Å². The molecule has 0 unspecified atom stereocenters. The van der Waals surface area contributed by atoms with Crippen molar-refractivity contribution in [3.05, 3.63) is 203 Å². The molecule has 0 N–H and O–H groups in total. The molecule has 0 spiro atoms. The summed E-state index contributed by atoms with van der Waals surface area (Å²) in [6, 6.07) is 63.8. The molecule has 8 aromatic rings. The van der Waals surface area contributed by atoms with Crippen LogP contribution in [0.5, 0.6) is 0 Å². The normalized spacial score (nSPS) is 19.2. The fraction of sp³-hybridized carbons (Fsp3) is 0.342. The lowest BCUT2D eigenvalue weighted by atomic mass is 9.33. The molecule has 0 radical (unpaired) electrons. The molecule has 13 rings (SSSR count). The molecule has 8 aromatic carbocycles. The fourth-order valence-electron chi connectivity index (χ4n) is 14.8. The molecule has 0 saturated carbocycles. The Morgan fingerprint density at radius 3 is 1.32 bits per heavy atom. The molecule has 388 valence electrons. The van der Waals surface area contributed by atoms with Crippen molar-refractivity contribution in [3.8, 4) is 11.1 Å². The van der Waals surface area contributed by atoms with E-state index in [0.29, 0.717) is 0 Å². The average molecular weight is 1010 g/mol. The van der Waals surface area contributed by atoms with Crippen LogP contribution in [-0.2, 0) is 32.5 Å². The van der Waals surface area contributed by atoms with Crippen molar-refractivity contribution in [2.45, 2.75) is 161 Å². The highest BCUT2D eigenvalue weighted by Crippen LogP contribution is 2.56. The monoisotopic (exact) mass is 1010 g/mol. The van der Waals surface area contributed by atoms with E-state index in [-0.39, 0.29) is 39.2 Å². The van der Waals surface area contributed by atoms with Gasteiger partial charge >= 0.3 is 0 Å². The number of hydrogen-bond donors (Lipinski definition) is 0. The molecular formula is C73H78BN3. The number of benzene rings is 8. The molecule has 0 saturated heterocycles. The maximum Gasteiger partial charge on any atom is 0.252 e. The summed E-state index contributed by atoms with van der Waals surface area (Å²) in [7, 11) is 0. The number of nitrogens with zero attached hydrogens (tertiary/aromatic N) is 3. The second-order valence-electron chi connectivity index (χ2n) is 27.8. The zero-order chi connectivity index (χ0) is 53.8. The Kier molecular flexibility index (Phi) is 11.1. The van der Waals surface area contributed by atoms with Gasteiger partial charge in [0.15, 0.2) is 0 Å². The summed E-state index contributed by atoms with van der Waals surface area (Å²) in [4.78, 5) is 7.93. The minimum atomic E-state index is -0.0513. The lowest BCUT2D eigenvalue weighted by Gasteiger charge is -2.49. The number of hydrogen-bond acceptors (Lipinski definition) is 3. The van der Waals surface area contributed by atoms with E-state index in [2.05, 4.69) is 269 Å². The predicted octanol–water partition coefficient (Wildman–Crippen LogP) is 18.3. The first-order valence-corrected chi connectivity index (χ1v) is 28.9. The Labute approximate surface area is 461 Å². The van der Waals surface area contributed by atoms with Crippen molar-refractivity contribution in [1.29, 1.82) is 0 Å². The summed E-state index contributed by atoms with van der Waals surface area (Å²) in [5, 5.41) is 0. The van der Waals surface area contributed by atoms with Crippen LogP contribution >= 0.6 is 0 Å². The van der Waals surface area contributed by atoms with Crippen molar-refractivity contribution >= 4 is 74.3 Å². The van der Waals surface area contributed by atoms with Gasteiger partial charge in [-0.15, -0.1) is 0 Å². The number of rotatable bonds is 6. The van der Waals surface area contributed by atoms with Gasteiger partial charge < -0.3 is 14.7 Å². The number of fused-ring (bicyclic) bond motifs is 7. The van der Waals surface area contributed by atoms with Gasteiger partial charge in [-0.3, -0.25) is 0 Å². The van der Waals surface area contributed by atoms with Gasteiger partial charge in [0.2, 0.25) is 0 Å². The summed E-state index contributed by atoms with van der Waals surface area (Å²) in [6.07, 6.45) is 6.97. The number of anilines is 9. The van der Waals surface area contributed by atoms with E-state index < -0.39 is 0 Å². The van der Waals surface area contributed by atoms with Crippen LogP contribution in [0.1, 0.15) is 161 Å². The van der Waals surface area contributed by atoms with E-state index in [1.165, 1.54) is 113 Å². The molecule has 0 atom stereocenters. The Hall–Kier alpha value is -6.78. The third-order valence-corrected chi connectivity index (χ3v) is 19.9. The lowest BCUT2D eigenvalue weighted by molar-refractivity contribution is 0.331. The van der Waals surface area contributed by atoms with Gasteiger partial charge in [0.05, 0.1) is 5.69 Å². The van der Waals surface area contributed by atoms with Crippen LogP contribution in [0.2, 0.25) is 0 Å². The van der Waals surface area contributed by atoms with E-state index >= 15 is 0 Å². The summed E-state index contributed by atoms with van der Waals surface area (Å²) in [6.45, 7) is 32.1. The van der Waals surface area contributed by atoms with Crippen LogP contribution in [-0.4, -0.2) is 6.71 Å². The predicted molar refractivity (Wildman–Crippen MR) is 331 cm³/mol. The van der Waals surface area contributed by atoms with Crippen LogP contribution in [0.4, 0.5) is 51.2 Å². The third-order valence-electron chi connectivity index (χ3n) is 19.9. The second kappa shape index (κ2) is 17.1. The van der Waals surface area contributed by atoms with Crippen molar-refractivity contribution in [2.24, 2.45) is 0 Å². The molecule has 3 aliphatic carbocycles. The van der Waals surface area contributed by atoms with Crippen molar-refractivity contribution in [2.75, 3.05) is 14.7 Å². The van der Waals surface area contributed by atoms with E-state index in [1.54, 1.807) is 0 Å². The van der Waals surface area contributed by atoms with Gasteiger partial charge in [-0.25, -0.2) is 0 Å². The van der Waals surface area contributed by atoms with Crippen molar-refractivity contribution in [3.63, 3.8) is 0 Å². The lowest BCUT2D eigenvalue weighted by Crippen LogP contribution is -2.62. The first-order valence-electron chi connectivity index (χ1n) is 28.9. The van der Waals surface area contributed by atoms with Gasteiger partial charge in [-0.1, -0.05) is 180 Å². The molecule has 5 aliphatic rings. The van der Waals surface area contributed by atoms with Crippen molar-refractivity contribution in [1.82, 2.24) is 0 Å². The quantitative estimate of drug-likeness (QED) is 0.154. The SMILES string of the molecule is Cc1cc2c(cc1N1c3cc4c(cc3B3c5cc(-c6ccccc6)ccc5N(c5ccc6c(c5)C(C)(C)CCC6(C)C)c5cc(N(c6ccccc6)c6ccccc6)cc1c53)C(C)(C)CCC4(C)C)C(C)(C)CCC2(C)C. The summed E-state index contributed by atoms with van der Waals surface area (Å²) >= 11 is 0. The van der Waals surface area contributed by atoms with Crippen LogP contribution in [0, 0.1) is 6.92 Å². The molecular weight excluding hydrogens is 930 g/mol. The topological polar surface area (TPSA) is 9.72 Å².